The van der Waals surface area contributed by atoms with Crippen LogP contribution in [0.3, 0.4) is 0 Å². The fourth-order valence-electron chi connectivity index (χ4n) is 11.2. The minimum absolute atomic E-state index is 0.553. The third-order valence-electron chi connectivity index (χ3n) is 15.3. The van der Waals surface area contributed by atoms with Gasteiger partial charge in [0.25, 0.3) is 0 Å². The molecule has 10 rings (SSSR count). The summed E-state index contributed by atoms with van der Waals surface area (Å²) in [5.41, 5.74) is 10.2. The molecule has 10 aromatic rings. The quantitative estimate of drug-likeness (QED) is 0.0291. The Labute approximate surface area is 445 Å². The van der Waals surface area contributed by atoms with E-state index in [1.54, 1.807) is 0 Å². The van der Waals surface area contributed by atoms with Gasteiger partial charge in [-0.05, 0) is 111 Å². The second kappa shape index (κ2) is 23.1. The predicted molar refractivity (Wildman–Crippen MR) is 318 cm³/mol. The molecular weight excluding hydrogens is 925 g/mol. The summed E-state index contributed by atoms with van der Waals surface area (Å²) in [6.45, 7) is 23.2. The second-order valence-electron chi connectivity index (χ2n) is 21.1. The molecule has 0 bridgehead atoms. The van der Waals surface area contributed by atoms with Crippen molar-refractivity contribution in [2.75, 3.05) is 39.6 Å². The highest BCUT2D eigenvalue weighted by atomic mass is 16.5. The highest BCUT2D eigenvalue weighted by molar-refractivity contribution is 6.50. The Morgan fingerprint density at radius 2 is 0.467 bits per heavy atom. The normalized spacial score (nSPS) is 12.0. The van der Waals surface area contributed by atoms with E-state index in [9.17, 15) is 0 Å². The Morgan fingerprint density at radius 3 is 0.733 bits per heavy atom. The fraction of sp³-hybridized carbons (Fsp3) is 0.391. The van der Waals surface area contributed by atoms with E-state index in [4.69, 9.17) is 28.4 Å². The van der Waals surface area contributed by atoms with E-state index >= 15 is 0 Å². The molecule has 0 unspecified atom stereocenters. The monoisotopic (exact) mass is 1000 g/mol. The van der Waals surface area contributed by atoms with Crippen molar-refractivity contribution >= 4 is 64.6 Å². The van der Waals surface area contributed by atoms with Crippen LogP contribution in [0, 0.1) is 20.8 Å². The van der Waals surface area contributed by atoms with Gasteiger partial charge < -0.3 is 28.4 Å². The Morgan fingerprint density at radius 1 is 0.253 bits per heavy atom. The predicted octanol–water partition coefficient (Wildman–Crippen LogP) is 19.9. The molecule has 0 saturated heterocycles. The summed E-state index contributed by atoms with van der Waals surface area (Å²) in [6.07, 6.45) is 11.5. The first-order chi connectivity index (χ1) is 36.8. The highest BCUT2D eigenvalue weighted by Crippen LogP contribution is 2.64. The molecular formula is C69H78O6. The van der Waals surface area contributed by atoms with E-state index in [1.807, 2.05) is 0 Å². The third kappa shape index (κ3) is 9.57. The third-order valence-corrected chi connectivity index (χ3v) is 15.3. The first kappa shape index (κ1) is 51.8. The van der Waals surface area contributed by atoms with Gasteiger partial charge >= 0.3 is 0 Å². The van der Waals surface area contributed by atoms with Gasteiger partial charge in [-0.2, -0.15) is 0 Å². The van der Waals surface area contributed by atoms with Crippen LogP contribution in [-0.2, 0) is 0 Å². The summed E-state index contributed by atoms with van der Waals surface area (Å²) in [5, 5.41) is 13.2. The van der Waals surface area contributed by atoms with Crippen LogP contribution in [0.5, 0.6) is 34.5 Å². The Bertz CT molecular complexity index is 3520. The lowest BCUT2D eigenvalue weighted by atomic mass is 9.76. The average Bonchev–Trinajstić information content (AvgIpc) is 3.45. The van der Waals surface area contributed by atoms with Crippen LogP contribution in [0.4, 0.5) is 0 Å². The molecule has 0 saturated carbocycles. The minimum Gasteiger partial charge on any atom is -0.489 e. The summed E-state index contributed by atoms with van der Waals surface area (Å²) in [4.78, 5) is 0. The summed E-state index contributed by atoms with van der Waals surface area (Å²) < 4.78 is 44.0. The molecule has 0 spiro atoms. The zero-order valence-electron chi connectivity index (χ0n) is 46.3. The van der Waals surface area contributed by atoms with Crippen LogP contribution in [0.2, 0.25) is 0 Å². The van der Waals surface area contributed by atoms with Gasteiger partial charge in [-0.25, -0.2) is 0 Å². The first-order valence-corrected chi connectivity index (χ1v) is 28.6. The lowest BCUT2D eigenvalue weighted by Crippen LogP contribution is -2.09. The standard InChI is InChI=1S/C69H78O6/c1-10-16-34-70-64-52-40-49(46-28-22-43(7)23-29-46)58-61-55(52)56-53(65(64)71-35-17-11-2)41-50(47-30-24-44(8)25-31-47)59-62(56)63-57(61)54(66(72-36-18-12-3)67(58)73-37-19-13-4)42-51(48-32-26-45(9)27-33-48)60(63)69(75-39-21-15-6)68(59)74-38-20-14-5/h22-33,40-42H,10-21,34-39H2,1-9H3. The van der Waals surface area contributed by atoms with E-state index in [0.717, 1.165) is 210 Å². The van der Waals surface area contributed by atoms with Crippen LogP contribution in [0.25, 0.3) is 98.0 Å². The van der Waals surface area contributed by atoms with E-state index in [0.29, 0.717) is 39.6 Å². The van der Waals surface area contributed by atoms with Crippen LogP contribution >= 0.6 is 0 Å². The van der Waals surface area contributed by atoms with E-state index in [2.05, 4.69) is 153 Å². The van der Waals surface area contributed by atoms with Crippen molar-refractivity contribution in [3.05, 3.63) is 108 Å². The van der Waals surface area contributed by atoms with Gasteiger partial charge in [0.2, 0.25) is 0 Å². The fourth-order valence-corrected chi connectivity index (χ4v) is 11.2. The Balaban J connectivity index is 1.57. The molecule has 390 valence electrons. The van der Waals surface area contributed by atoms with Gasteiger partial charge in [-0.1, -0.05) is 170 Å². The lowest BCUT2D eigenvalue weighted by molar-refractivity contribution is 0.267. The molecule has 75 heavy (non-hydrogen) atoms. The number of rotatable bonds is 27. The number of benzene rings is 10. The molecule has 6 nitrogen and oxygen atoms in total. The summed E-state index contributed by atoms with van der Waals surface area (Å²) >= 11 is 0. The maximum atomic E-state index is 7.40. The van der Waals surface area contributed by atoms with Crippen LogP contribution in [-0.4, -0.2) is 39.6 Å². The van der Waals surface area contributed by atoms with Crippen molar-refractivity contribution < 1.29 is 28.4 Å². The number of aryl methyl sites for hydroxylation is 3. The number of unbranched alkanes of at least 4 members (excludes halogenated alkanes) is 6. The van der Waals surface area contributed by atoms with Crippen LogP contribution < -0.4 is 28.4 Å². The summed E-state index contributed by atoms with van der Waals surface area (Å²) in [7, 11) is 0. The molecule has 10 aromatic carbocycles. The van der Waals surface area contributed by atoms with E-state index < -0.39 is 0 Å². The van der Waals surface area contributed by atoms with Crippen molar-refractivity contribution in [1.82, 2.24) is 0 Å². The molecule has 0 aliphatic heterocycles. The smallest absolute Gasteiger partial charge is 0.170 e. The van der Waals surface area contributed by atoms with Gasteiger partial charge in [-0.15, -0.1) is 0 Å². The van der Waals surface area contributed by atoms with Crippen molar-refractivity contribution in [1.29, 1.82) is 0 Å². The van der Waals surface area contributed by atoms with Crippen molar-refractivity contribution in [3.8, 4) is 67.9 Å². The van der Waals surface area contributed by atoms with Gasteiger partial charge in [0, 0.05) is 64.6 Å². The molecule has 0 N–H and O–H groups in total. The molecule has 0 atom stereocenters. The maximum Gasteiger partial charge on any atom is 0.170 e. The van der Waals surface area contributed by atoms with Gasteiger partial charge in [0.15, 0.2) is 34.5 Å². The van der Waals surface area contributed by atoms with Gasteiger partial charge in [0.1, 0.15) is 0 Å². The number of ether oxygens (including phenoxy) is 6. The number of hydrogen-bond donors (Lipinski definition) is 0. The first-order valence-electron chi connectivity index (χ1n) is 28.6. The summed E-state index contributed by atoms with van der Waals surface area (Å²) in [5.74, 6) is 4.78. The Hall–Kier alpha value is -6.66. The van der Waals surface area contributed by atoms with Gasteiger partial charge in [0.05, 0.1) is 39.6 Å². The highest BCUT2D eigenvalue weighted by Gasteiger charge is 2.36. The molecule has 0 heterocycles. The van der Waals surface area contributed by atoms with Gasteiger partial charge in [-0.3, -0.25) is 0 Å². The molecule has 0 aromatic heterocycles. The SMILES string of the molecule is CCCCOc1c(OCCCC)c2cc(-c3ccc(C)cc3)c3c(OCCCC)c(OCCCC)c4c(-c5ccc(C)cc5)cc5c(OCCCC)c(OCCCC)c6c(-c7ccc(C)cc7)cc1c1c2c3c4c5c61. The average molecular weight is 1000 g/mol. The molecule has 0 fully saturated rings. The largest absolute Gasteiger partial charge is 0.489 e. The lowest BCUT2D eigenvalue weighted by Gasteiger charge is -2.31. The zero-order chi connectivity index (χ0) is 52.2. The second-order valence-corrected chi connectivity index (χ2v) is 21.1. The van der Waals surface area contributed by atoms with Crippen molar-refractivity contribution in [2.45, 2.75) is 139 Å². The molecule has 0 aliphatic carbocycles. The Kier molecular flexibility index (Phi) is 15.9. The molecule has 6 heteroatoms. The molecule has 0 radical (unpaired) electrons. The summed E-state index contributed by atoms with van der Waals surface area (Å²) in [6, 6.07) is 34.2. The van der Waals surface area contributed by atoms with Crippen LogP contribution in [0.1, 0.15) is 135 Å². The van der Waals surface area contributed by atoms with Crippen molar-refractivity contribution in [2.24, 2.45) is 0 Å². The van der Waals surface area contributed by atoms with E-state index in [-0.39, 0.29) is 0 Å². The minimum atomic E-state index is 0.553. The topological polar surface area (TPSA) is 55.4 Å². The number of hydrogen-bond acceptors (Lipinski definition) is 6. The maximum absolute atomic E-state index is 7.40. The zero-order valence-corrected chi connectivity index (χ0v) is 46.3. The van der Waals surface area contributed by atoms with Crippen molar-refractivity contribution in [3.63, 3.8) is 0 Å². The van der Waals surface area contributed by atoms with E-state index in [1.165, 1.54) is 16.7 Å². The van der Waals surface area contributed by atoms with Crippen LogP contribution in [0.15, 0.2) is 91.0 Å². The molecule has 0 aliphatic rings. The molecule has 0 amide bonds.